The Bertz CT molecular complexity index is 1280. The van der Waals surface area contributed by atoms with E-state index < -0.39 is 63.2 Å². The second-order valence-electron chi connectivity index (χ2n) is 9.96. The third kappa shape index (κ3) is 6.77. The SMILES string of the molecule is Cl.Cn1cnc(S(=O)(=O)N2CCN(C3(CCC(=O)c4ccc(F)cc4C(F)(F)F)CCC(F)(F)CC3)CC2)c1. The molecule has 15 heteroatoms. The fourth-order valence-corrected chi connectivity index (χ4v) is 6.73. The van der Waals surface area contributed by atoms with E-state index in [-0.39, 0.29) is 75.4 Å². The monoisotopic (exact) mass is 602 g/mol. The van der Waals surface area contributed by atoms with Crippen LogP contribution in [0.1, 0.15) is 54.4 Å². The second-order valence-corrected chi connectivity index (χ2v) is 11.8. The van der Waals surface area contributed by atoms with Crippen molar-refractivity contribution in [3.8, 4) is 0 Å². The Morgan fingerprint density at radius 3 is 2.21 bits per heavy atom. The molecule has 0 bridgehead atoms. The van der Waals surface area contributed by atoms with Crippen LogP contribution in [0.25, 0.3) is 0 Å². The Kier molecular flexibility index (Phi) is 9.15. The number of nitrogens with zero attached hydrogens (tertiary/aromatic N) is 4. The van der Waals surface area contributed by atoms with Crippen molar-refractivity contribution in [1.29, 1.82) is 0 Å². The molecule has 1 saturated heterocycles. The molecule has 2 aliphatic rings. The van der Waals surface area contributed by atoms with E-state index in [4.69, 9.17) is 0 Å². The van der Waals surface area contributed by atoms with Crippen LogP contribution in [0.15, 0.2) is 35.7 Å². The van der Waals surface area contributed by atoms with Gasteiger partial charge in [-0.2, -0.15) is 17.5 Å². The molecule has 0 amide bonds. The maximum atomic E-state index is 14.1. The van der Waals surface area contributed by atoms with Crippen molar-refractivity contribution in [3.63, 3.8) is 0 Å². The molecule has 1 aromatic carbocycles. The van der Waals surface area contributed by atoms with Crippen LogP contribution in [0.2, 0.25) is 0 Å². The van der Waals surface area contributed by atoms with Gasteiger partial charge in [-0.15, -0.1) is 12.4 Å². The normalized spacial score (nSPS) is 20.4. The zero-order valence-electron chi connectivity index (χ0n) is 21.1. The van der Waals surface area contributed by atoms with E-state index in [1.807, 2.05) is 4.90 Å². The minimum atomic E-state index is -4.94. The summed E-state index contributed by atoms with van der Waals surface area (Å²) in [7, 11) is -2.22. The van der Waals surface area contributed by atoms with E-state index in [1.54, 1.807) is 7.05 Å². The molecular weight excluding hydrogens is 574 g/mol. The van der Waals surface area contributed by atoms with Gasteiger partial charge in [-0.3, -0.25) is 9.69 Å². The smallest absolute Gasteiger partial charge is 0.339 e. The van der Waals surface area contributed by atoms with Crippen LogP contribution in [-0.2, 0) is 23.2 Å². The first-order valence-electron chi connectivity index (χ1n) is 12.1. The first kappa shape index (κ1) is 31.4. The number of benzene rings is 1. The number of aromatic nitrogens is 2. The number of sulfonamides is 1. The fraction of sp³-hybridized carbons (Fsp3) is 0.583. The molecule has 218 valence electrons. The molecule has 1 aliphatic heterocycles. The molecule has 7 nitrogen and oxygen atoms in total. The van der Waals surface area contributed by atoms with E-state index in [2.05, 4.69) is 4.98 Å². The quantitative estimate of drug-likeness (QED) is 0.332. The minimum Gasteiger partial charge on any atom is -0.339 e. The van der Waals surface area contributed by atoms with Crippen LogP contribution in [0.4, 0.5) is 26.3 Å². The highest BCUT2D eigenvalue weighted by atomic mass is 35.5. The van der Waals surface area contributed by atoms with E-state index in [9.17, 15) is 39.6 Å². The lowest BCUT2D eigenvalue weighted by atomic mass is 9.74. The molecule has 0 radical (unpaired) electrons. The Balaban J connectivity index is 0.00000420. The van der Waals surface area contributed by atoms with Gasteiger partial charge in [0.05, 0.1) is 11.9 Å². The van der Waals surface area contributed by atoms with Gasteiger partial charge in [-0.25, -0.2) is 26.6 Å². The molecule has 0 N–H and O–H groups in total. The van der Waals surface area contributed by atoms with Crippen LogP contribution in [0.5, 0.6) is 0 Å². The molecule has 1 aliphatic carbocycles. The lowest BCUT2D eigenvalue weighted by molar-refractivity contribution is -0.138. The molecule has 1 aromatic heterocycles. The fourth-order valence-electron chi connectivity index (χ4n) is 5.34. The molecule has 2 heterocycles. The van der Waals surface area contributed by atoms with Crippen LogP contribution >= 0.6 is 12.4 Å². The summed E-state index contributed by atoms with van der Waals surface area (Å²) in [6, 6.07) is 1.84. The van der Waals surface area contributed by atoms with Crippen molar-refractivity contribution in [2.75, 3.05) is 26.2 Å². The number of carbonyl (C=O) groups excluding carboxylic acids is 1. The number of hydrogen-bond donors (Lipinski definition) is 0. The van der Waals surface area contributed by atoms with Crippen molar-refractivity contribution in [3.05, 3.63) is 47.7 Å². The lowest BCUT2D eigenvalue weighted by Crippen LogP contribution is -2.59. The van der Waals surface area contributed by atoms with Gasteiger partial charge in [0.1, 0.15) is 5.82 Å². The Morgan fingerprint density at radius 2 is 1.67 bits per heavy atom. The first-order chi connectivity index (χ1) is 17.6. The predicted octanol–water partition coefficient (Wildman–Crippen LogP) is 4.92. The number of alkyl halides is 5. The van der Waals surface area contributed by atoms with Gasteiger partial charge < -0.3 is 4.57 Å². The van der Waals surface area contributed by atoms with Crippen LogP contribution in [0, 0.1) is 5.82 Å². The number of rotatable bonds is 7. The van der Waals surface area contributed by atoms with Crippen molar-refractivity contribution < 1.29 is 39.6 Å². The highest BCUT2D eigenvalue weighted by Crippen LogP contribution is 2.45. The third-order valence-electron chi connectivity index (χ3n) is 7.51. The number of halogens is 7. The Labute approximate surface area is 228 Å². The zero-order chi connectivity index (χ0) is 27.9. The highest BCUT2D eigenvalue weighted by Gasteiger charge is 2.48. The third-order valence-corrected chi connectivity index (χ3v) is 9.30. The molecule has 2 fully saturated rings. The average molecular weight is 603 g/mol. The number of carbonyl (C=O) groups is 1. The number of piperazine rings is 1. The van der Waals surface area contributed by atoms with Crippen molar-refractivity contribution in [2.24, 2.45) is 7.05 Å². The predicted molar refractivity (Wildman–Crippen MR) is 132 cm³/mol. The number of Topliss-reactive ketones (excluding diaryl/α,β-unsaturated/α-hetero) is 1. The van der Waals surface area contributed by atoms with E-state index in [1.165, 1.54) is 21.4 Å². The van der Waals surface area contributed by atoms with Crippen LogP contribution in [-0.4, -0.2) is 70.6 Å². The van der Waals surface area contributed by atoms with Gasteiger partial charge in [-0.05, 0) is 37.5 Å². The summed E-state index contributed by atoms with van der Waals surface area (Å²) < 4.78 is 110. The molecule has 0 unspecified atom stereocenters. The summed E-state index contributed by atoms with van der Waals surface area (Å²) in [5, 5.41) is -0.106. The standard InChI is InChI=1S/C24H28F6N4O3S.ClH/c1-32-15-21(31-16-32)38(36,37)34-12-10-33(11-13-34)22(6-8-23(26,27)9-7-22)5-4-20(35)18-3-2-17(25)14-19(18)24(28,29)30;/h2-3,14-16H,4-13H2,1H3;1H. The number of hydrogen-bond acceptors (Lipinski definition) is 5. The minimum absolute atomic E-state index is 0. The maximum absolute atomic E-state index is 14.1. The lowest BCUT2D eigenvalue weighted by Gasteiger charge is -2.50. The summed E-state index contributed by atoms with van der Waals surface area (Å²) in [6.45, 7) is 0.550. The largest absolute Gasteiger partial charge is 0.417 e. The summed E-state index contributed by atoms with van der Waals surface area (Å²) in [6.07, 6.45) is -3.41. The molecule has 2 aromatic rings. The molecule has 0 atom stereocenters. The summed E-state index contributed by atoms with van der Waals surface area (Å²) in [5.41, 5.74) is -2.95. The second kappa shape index (κ2) is 11.4. The van der Waals surface area contributed by atoms with E-state index in [0.29, 0.717) is 0 Å². The van der Waals surface area contributed by atoms with E-state index >= 15 is 0 Å². The highest BCUT2D eigenvalue weighted by molar-refractivity contribution is 7.89. The van der Waals surface area contributed by atoms with Crippen molar-refractivity contribution >= 4 is 28.2 Å². The van der Waals surface area contributed by atoms with Gasteiger partial charge in [0.25, 0.3) is 10.0 Å². The molecule has 1 saturated carbocycles. The molecule has 4 rings (SSSR count). The molecular formula is C24H29ClF6N4O3S. The molecule has 39 heavy (non-hydrogen) atoms. The first-order valence-corrected chi connectivity index (χ1v) is 13.6. The summed E-state index contributed by atoms with van der Waals surface area (Å²) in [4.78, 5) is 18.7. The number of imidazole rings is 1. The van der Waals surface area contributed by atoms with Gasteiger partial charge in [0, 0.05) is 69.8 Å². The Morgan fingerprint density at radius 1 is 1.05 bits per heavy atom. The zero-order valence-corrected chi connectivity index (χ0v) is 22.7. The number of ketones is 1. The van der Waals surface area contributed by atoms with Crippen LogP contribution in [0.3, 0.4) is 0 Å². The average Bonchev–Trinajstić information content (AvgIpc) is 3.30. The van der Waals surface area contributed by atoms with Crippen LogP contribution < -0.4 is 0 Å². The van der Waals surface area contributed by atoms with Crippen molar-refractivity contribution in [1.82, 2.24) is 18.8 Å². The Hall–Kier alpha value is -2.16. The maximum Gasteiger partial charge on any atom is 0.417 e. The topological polar surface area (TPSA) is 75.5 Å². The van der Waals surface area contributed by atoms with E-state index in [0.717, 1.165) is 12.1 Å². The summed E-state index contributed by atoms with van der Waals surface area (Å²) >= 11 is 0. The van der Waals surface area contributed by atoms with Crippen molar-refractivity contribution in [2.45, 2.75) is 61.2 Å². The van der Waals surface area contributed by atoms with Gasteiger partial charge in [-0.1, -0.05) is 0 Å². The number of aryl methyl sites for hydroxylation is 1. The van der Waals surface area contributed by atoms with Gasteiger partial charge in [0.15, 0.2) is 10.8 Å². The van der Waals surface area contributed by atoms with Gasteiger partial charge >= 0.3 is 6.18 Å². The van der Waals surface area contributed by atoms with Gasteiger partial charge in [0.2, 0.25) is 5.92 Å². The summed E-state index contributed by atoms with van der Waals surface area (Å²) in [5.74, 6) is -4.87. The molecule has 0 spiro atoms.